The summed E-state index contributed by atoms with van der Waals surface area (Å²) < 4.78 is 27.4. The Hall–Kier alpha value is -0.380. The number of carbonyl (C=O) groups excluding carboxylic acids is 1. The molecule has 23 heavy (non-hydrogen) atoms. The van der Waals surface area contributed by atoms with Crippen molar-refractivity contribution in [3.63, 3.8) is 0 Å². The molecule has 0 unspecified atom stereocenters. The minimum absolute atomic E-state index is 0. The number of hydrogen-bond acceptors (Lipinski definition) is 5. The molecule has 0 saturated carbocycles. The second-order valence-corrected chi connectivity index (χ2v) is 9.38. The highest BCUT2D eigenvalue weighted by atomic mass is 35.5. The van der Waals surface area contributed by atoms with Crippen molar-refractivity contribution < 1.29 is 13.2 Å². The van der Waals surface area contributed by atoms with Crippen LogP contribution in [0.15, 0.2) is 16.3 Å². The van der Waals surface area contributed by atoms with Crippen molar-refractivity contribution in [2.45, 2.75) is 10.6 Å². The van der Waals surface area contributed by atoms with Crippen molar-refractivity contribution in [2.75, 3.05) is 39.3 Å². The van der Waals surface area contributed by atoms with Crippen LogP contribution in [-0.4, -0.2) is 62.8 Å². The molecule has 0 bridgehead atoms. The molecule has 2 aliphatic rings. The average molecular weight is 400 g/mol. The second-order valence-electron chi connectivity index (χ2n) is 5.50. The minimum Gasteiger partial charge on any atom is -0.341 e. The summed E-state index contributed by atoms with van der Waals surface area (Å²) in [5, 5.41) is 3.09. The summed E-state index contributed by atoms with van der Waals surface area (Å²) in [7, 11) is -3.51. The summed E-state index contributed by atoms with van der Waals surface area (Å²) in [6.07, 6.45) is 0.657. The quantitative estimate of drug-likeness (QED) is 0.830. The van der Waals surface area contributed by atoms with Crippen molar-refractivity contribution in [3.05, 3.63) is 16.5 Å². The number of nitrogens with zero attached hydrogens (tertiary/aromatic N) is 2. The molecule has 10 heteroatoms. The van der Waals surface area contributed by atoms with Crippen LogP contribution in [0.25, 0.3) is 0 Å². The van der Waals surface area contributed by atoms with Crippen LogP contribution in [0.2, 0.25) is 4.34 Å². The van der Waals surface area contributed by atoms with E-state index in [2.05, 4.69) is 5.32 Å². The third-order valence-corrected chi connectivity index (χ3v) is 7.64. The van der Waals surface area contributed by atoms with Crippen LogP contribution in [0, 0.1) is 5.92 Å². The highest BCUT2D eigenvalue weighted by molar-refractivity contribution is 7.91. The third-order valence-electron chi connectivity index (χ3n) is 4.04. The van der Waals surface area contributed by atoms with Gasteiger partial charge in [0.2, 0.25) is 5.91 Å². The SMILES string of the molecule is Cl.O=C(C1CNC1)N1CCCN(S(=O)(=O)c2ccc(Cl)s2)CC1. The molecule has 3 rings (SSSR count). The lowest BCUT2D eigenvalue weighted by atomic mass is 10.0. The molecule has 2 fully saturated rings. The predicted octanol–water partition coefficient (Wildman–Crippen LogP) is 1.27. The second kappa shape index (κ2) is 7.67. The number of thiophene rings is 1. The zero-order valence-corrected chi connectivity index (χ0v) is 15.6. The van der Waals surface area contributed by atoms with E-state index in [4.69, 9.17) is 11.6 Å². The van der Waals surface area contributed by atoms with Crippen LogP contribution >= 0.6 is 35.3 Å². The van der Waals surface area contributed by atoms with E-state index in [0.717, 1.165) is 24.4 Å². The largest absolute Gasteiger partial charge is 0.341 e. The Morgan fingerprint density at radius 2 is 1.96 bits per heavy atom. The number of sulfonamides is 1. The molecular weight excluding hydrogens is 381 g/mol. The summed E-state index contributed by atoms with van der Waals surface area (Å²) in [6, 6.07) is 3.13. The number of nitrogens with one attached hydrogen (secondary N) is 1. The van der Waals surface area contributed by atoms with Gasteiger partial charge in [0, 0.05) is 39.3 Å². The fourth-order valence-corrected chi connectivity index (χ4v) is 5.75. The Kier molecular flexibility index (Phi) is 6.32. The van der Waals surface area contributed by atoms with Gasteiger partial charge < -0.3 is 10.2 Å². The zero-order valence-electron chi connectivity index (χ0n) is 12.4. The molecule has 6 nitrogen and oxygen atoms in total. The lowest BCUT2D eigenvalue weighted by molar-refractivity contribution is -0.136. The van der Waals surface area contributed by atoms with Crippen LogP contribution in [0.4, 0.5) is 0 Å². The number of halogens is 2. The summed E-state index contributed by atoms with van der Waals surface area (Å²) in [5.74, 6) is 0.191. The maximum Gasteiger partial charge on any atom is 0.252 e. The first-order valence-electron chi connectivity index (χ1n) is 7.23. The van der Waals surface area contributed by atoms with Gasteiger partial charge in [0.05, 0.1) is 10.3 Å². The summed E-state index contributed by atoms with van der Waals surface area (Å²) >= 11 is 6.90. The van der Waals surface area contributed by atoms with Crippen molar-refractivity contribution in [1.82, 2.24) is 14.5 Å². The van der Waals surface area contributed by atoms with Gasteiger partial charge in [0.1, 0.15) is 4.21 Å². The Balaban J connectivity index is 0.00000192. The smallest absolute Gasteiger partial charge is 0.252 e. The van der Waals surface area contributed by atoms with Crippen molar-refractivity contribution in [2.24, 2.45) is 5.92 Å². The highest BCUT2D eigenvalue weighted by Crippen LogP contribution is 2.28. The Morgan fingerprint density at radius 3 is 2.52 bits per heavy atom. The van der Waals surface area contributed by atoms with Gasteiger partial charge in [-0.3, -0.25) is 4.79 Å². The fourth-order valence-electron chi connectivity index (χ4n) is 2.64. The van der Waals surface area contributed by atoms with E-state index in [9.17, 15) is 13.2 Å². The molecule has 0 atom stereocenters. The molecule has 1 aromatic rings. The third kappa shape index (κ3) is 4.00. The lowest BCUT2D eigenvalue weighted by Gasteiger charge is -2.31. The molecule has 130 valence electrons. The normalized spacial score (nSPS) is 20.5. The minimum atomic E-state index is -3.51. The maximum atomic E-state index is 12.6. The van der Waals surface area contributed by atoms with Gasteiger partial charge in [-0.2, -0.15) is 4.31 Å². The van der Waals surface area contributed by atoms with Crippen LogP contribution < -0.4 is 5.32 Å². The predicted molar refractivity (Wildman–Crippen MR) is 92.9 cm³/mol. The first-order valence-corrected chi connectivity index (χ1v) is 9.87. The van der Waals surface area contributed by atoms with Gasteiger partial charge in [0.25, 0.3) is 10.0 Å². The number of amides is 1. The fraction of sp³-hybridized carbons (Fsp3) is 0.615. The van der Waals surface area contributed by atoms with Crippen molar-refractivity contribution in [1.29, 1.82) is 0 Å². The number of hydrogen-bond donors (Lipinski definition) is 1. The van der Waals surface area contributed by atoms with Gasteiger partial charge in [-0.25, -0.2) is 8.42 Å². The molecule has 2 aliphatic heterocycles. The molecule has 0 aromatic carbocycles. The van der Waals surface area contributed by atoms with E-state index in [1.54, 1.807) is 11.0 Å². The molecule has 1 aromatic heterocycles. The molecule has 0 aliphatic carbocycles. The summed E-state index contributed by atoms with van der Waals surface area (Å²) in [5.41, 5.74) is 0. The van der Waals surface area contributed by atoms with Crippen molar-refractivity contribution in [3.8, 4) is 0 Å². The standard InChI is InChI=1S/C13H18ClN3O3S2.ClH/c14-11-2-3-12(21-11)22(19,20)17-5-1-4-16(6-7-17)13(18)10-8-15-9-10;/h2-3,10,15H,1,4-9H2;1H. The number of rotatable bonds is 3. The molecule has 0 spiro atoms. The maximum absolute atomic E-state index is 12.6. The summed E-state index contributed by atoms with van der Waals surface area (Å²) in [4.78, 5) is 14.1. The molecule has 1 amide bonds. The van der Waals surface area contributed by atoms with E-state index in [1.165, 1.54) is 10.4 Å². The first-order chi connectivity index (χ1) is 10.5. The van der Waals surface area contributed by atoms with Crippen LogP contribution in [0.3, 0.4) is 0 Å². The van der Waals surface area contributed by atoms with Crippen LogP contribution in [-0.2, 0) is 14.8 Å². The zero-order chi connectivity index (χ0) is 15.7. The van der Waals surface area contributed by atoms with Crippen LogP contribution in [0.1, 0.15) is 6.42 Å². The molecule has 1 N–H and O–H groups in total. The van der Waals surface area contributed by atoms with Crippen molar-refractivity contribution >= 4 is 51.3 Å². The molecule has 2 saturated heterocycles. The van der Waals surface area contributed by atoms with Gasteiger partial charge in [-0.15, -0.1) is 23.7 Å². The monoisotopic (exact) mass is 399 g/mol. The van der Waals surface area contributed by atoms with Gasteiger partial charge in [-0.1, -0.05) is 11.6 Å². The Bertz CT molecular complexity index is 661. The van der Waals surface area contributed by atoms with E-state index in [-0.39, 0.29) is 28.4 Å². The summed E-state index contributed by atoms with van der Waals surface area (Å²) in [6.45, 7) is 3.30. The lowest BCUT2D eigenvalue weighted by Crippen LogP contribution is -2.52. The van der Waals surface area contributed by atoms with E-state index < -0.39 is 10.0 Å². The van der Waals surface area contributed by atoms with Crippen LogP contribution in [0.5, 0.6) is 0 Å². The Morgan fingerprint density at radius 1 is 1.22 bits per heavy atom. The molecule has 0 radical (unpaired) electrons. The van der Waals surface area contributed by atoms with Gasteiger partial charge in [-0.05, 0) is 18.6 Å². The van der Waals surface area contributed by atoms with E-state index in [1.807, 2.05) is 0 Å². The van der Waals surface area contributed by atoms with Gasteiger partial charge >= 0.3 is 0 Å². The highest BCUT2D eigenvalue weighted by Gasteiger charge is 2.33. The van der Waals surface area contributed by atoms with Gasteiger partial charge in [0.15, 0.2) is 0 Å². The average Bonchev–Trinajstić information content (AvgIpc) is 2.72. The molecular formula is C13H19Cl2N3O3S2. The van der Waals surface area contributed by atoms with E-state index in [0.29, 0.717) is 36.9 Å². The Labute approximate surface area is 151 Å². The molecule has 3 heterocycles. The van der Waals surface area contributed by atoms with E-state index >= 15 is 0 Å². The first kappa shape index (κ1) is 19.0. The topological polar surface area (TPSA) is 69.7 Å². The number of carbonyl (C=O) groups is 1.